The number of amides is 1. The molecule has 0 aliphatic heterocycles. The first-order valence-electron chi connectivity index (χ1n) is 10.3. The molecule has 12 nitrogen and oxygen atoms in total. The summed E-state index contributed by atoms with van der Waals surface area (Å²) in [7, 11) is 3.57. The standard InChI is InChI=1S/C21H23Cl2N9O3/c1-31(2)11-18(33)28-15-10-27-21(30-19(15)13-4-3-12(22)9-14(13)23)26-8-7-25-17-6-5-16(32(34)35)20(24)29-17/h3-6,9-10H,7-8,11H2,1-2H3,(H,28,33)(H3,24,25,29)(H,26,27,30). The van der Waals surface area contributed by atoms with E-state index in [4.69, 9.17) is 28.9 Å². The van der Waals surface area contributed by atoms with Crippen LogP contribution in [0.25, 0.3) is 11.3 Å². The zero-order valence-corrected chi connectivity index (χ0v) is 20.4. The largest absolute Gasteiger partial charge is 0.378 e. The molecule has 3 rings (SSSR count). The van der Waals surface area contributed by atoms with Crippen LogP contribution in [0.1, 0.15) is 0 Å². The summed E-state index contributed by atoms with van der Waals surface area (Å²) in [5, 5.41) is 20.6. The van der Waals surface area contributed by atoms with Gasteiger partial charge in [-0.25, -0.2) is 15.0 Å². The van der Waals surface area contributed by atoms with Crippen LogP contribution in [0.5, 0.6) is 0 Å². The van der Waals surface area contributed by atoms with Gasteiger partial charge in [0, 0.05) is 29.7 Å². The fourth-order valence-corrected chi connectivity index (χ4v) is 3.51. The van der Waals surface area contributed by atoms with Gasteiger partial charge in [-0.15, -0.1) is 0 Å². The molecule has 0 spiro atoms. The van der Waals surface area contributed by atoms with Crippen molar-refractivity contribution in [1.29, 1.82) is 0 Å². The molecule has 5 N–H and O–H groups in total. The van der Waals surface area contributed by atoms with Gasteiger partial charge < -0.3 is 26.6 Å². The maximum absolute atomic E-state index is 12.3. The first kappa shape index (κ1) is 25.9. The van der Waals surface area contributed by atoms with Gasteiger partial charge in [0.1, 0.15) is 11.5 Å². The Morgan fingerprint density at radius 3 is 2.54 bits per heavy atom. The highest BCUT2D eigenvalue weighted by atomic mass is 35.5. The molecule has 14 heteroatoms. The van der Waals surface area contributed by atoms with Crippen molar-refractivity contribution in [3.05, 3.63) is 56.7 Å². The third kappa shape index (κ3) is 7.12. The van der Waals surface area contributed by atoms with Crippen LogP contribution in [0.15, 0.2) is 36.5 Å². The van der Waals surface area contributed by atoms with E-state index in [1.807, 2.05) is 0 Å². The number of hydrogen-bond acceptors (Lipinski definition) is 10. The summed E-state index contributed by atoms with van der Waals surface area (Å²) >= 11 is 12.4. The van der Waals surface area contributed by atoms with Gasteiger partial charge in [-0.1, -0.05) is 23.2 Å². The molecule has 3 aromatic rings. The Balaban J connectivity index is 1.73. The smallest absolute Gasteiger partial charge is 0.311 e. The molecule has 1 amide bonds. The molecule has 0 aliphatic carbocycles. The lowest BCUT2D eigenvalue weighted by Gasteiger charge is -2.15. The molecule has 0 bridgehead atoms. The molecule has 0 saturated heterocycles. The lowest BCUT2D eigenvalue weighted by molar-refractivity contribution is -0.384. The summed E-state index contributed by atoms with van der Waals surface area (Å²) in [6.45, 7) is 0.964. The molecule has 0 atom stereocenters. The normalized spacial score (nSPS) is 10.8. The number of pyridine rings is 1. The number of likely N-dealkylation sites (N-methyl/N-ethyl adjacent to an activating group) is 1. The molecule has 2 aromatic heterocycles. The van der Waals surface area contributed by atoms with Crippen molar-refractivity contribution in [2.75, 3.05) is 55.4 Å². The molecule has 0 fully saturated rings. The fraction of sp³-hybridized carbons (Fsp3) is 0.238. The monoisotopic (exact) mass is 519 g/mol. The second-order valence-corrected chi connectivity index (χ2v) is 8.42. The van der Waals surface area contributed by atoms with Crippen molar-refractivity contribution < 1.29 is 9.72 Å². The Morgan fingerprint density at radius 1 is 1.14 bits per heavy atom. The van der Waals surface area contributed by atoms with Crippen molar-refractivity contribution in [3.63, 3.8) is 0 Å². The number of aromatic nitrogens is 3. The third-order valence-electron chi connectivity index (χ3n) is 4.52. The number of benzene rings is 1. The topological polar surface area (TPSA) is 164 Å². The lowest BCUT2D eigenvalue weighted by Crippen LogP contribution is -2.27. The minimum Gasteiger partial charge on any atom is -0.378 e. The van der Waals surface area contributed by atoms with Crippen molar-refractivity contribution in [1.82, 2.24) is 19.9 Å². The van der Waals surface area contributed by atoms with E-state index in [-0.39, 0.29) is 24.0 Å². The molecule has 0 aliphatic rings. The van der Waals surface area contributed by atoms with Crippen LogP contribution in [-0.4, -0.2) is 64.4 Å². The number of anilines is 4. The average molecular weight is 520 g/mol. The van der Waals surface area contributed by atoms with E-state index in [0.717, 1.165) is 0 Å². The van der Waals surface area contributed by atoms with E-state index in [1.54, 1.807) is 37.2 Å². The Labute approximate surface area is 211 Å². The SMILES string of the molecule is CN(C)CC(=O)Nc1cnc(NCCNc2ccc([N+](=O)[O-])c(N)n2)nc1-c1ccc(Cl)cc1Cl. The fourth-order valence-electron chi connectivity index (χ4n) is 3.01. The number of nitrogens with two attached hydrogens (primary N) is 1. The number of nitrogens with one attached hydrogen (secondary N) is 3. The minimum absolute atomic E-state index is 0.173. The Bertz CT molecular complexity index is 1240. The molecule has 0 radical (unpaired) electrons. The van der Waals surface area contributed by atoms with Crippen LogP contribution in [0.2, 0.25) is 10.0 Å². The van der Waals surface area contributed by atoms with Gasteiger partial charge in [0.25, 0.3) is 0 Å². The van der Waals surface area contributed by atoms with Crippen LogP contribution in [0, 0.1) is 10.1 Å². The van der Waals surface area contributed by atoms with Crippen molar-refractivity contribution in [3.8, 4) is 11.3 Å². The maximum Gasteiger partial charge on any atom is 0.311 e. The van der Waals surface area contributed by atoms with Gasteiger partial charge in [-0.05, 0) is 38.4 Å². The van der Waals surface area contributed by atoms with E-state index < -0.39 is 4.92 Å². The van der Waals surface area contributed by atoms with Crippen LogP contribution in [-0.2, 0) is 4.79 Å². The zero-order valence-electron chi connectivity index (χ0n) is 18.9. The highest BCUT2D eigenvalue weighted by Crippen LogP contribution is 2.34. The molecular weight excluding hydrogens is 497 g/mol. The Hall–Kier alpha value is -3.74. The number of nitrogens with zero attached hydrogens (tertiary/aromatic N) is 5. The summed E-state index contributed by atoms with van der Waals surface area (Å²) in [6.07, 6.45) is 1.50. The molecule has 2 heterocycles. The number of hydrogen-bond donors (Lipinski definition) is 4. The maximum atomic E-state index is 12.3. The van der Waals surface area contributed by atoms with Crippen molar-refractivity contribution >= 4 is 58.1 Å². The van der Waals surface area contributed by atoms with Gasteiger partial charge in [-0.2, -0.15) is 0 Å². The summed E-state index contributed by atoms with van der Waals surface area (Å²) in [4.78, 5) is 37.1. The molecule has 0 saturated carbocycles. The highest BCUT2D eigenvalue weighted by molar-refractivity contribution is 6.36. The Kier molecular flexibility index (Phi) is 8.58. The molecular formula is C21H23Cl2N9O3. The van der Waals surface area contributed by atoms with Crippen molar-refractivity contribution in [2.45, 2.75) is 0 Å². The predicted octanol–water partition coefficient (Wildman–Crippen LogP) is 3.36. The molecule has 35 heavy (non-hydrogen) atoms. The number of nitro groups is 1. The number of carbonyl (C=O) groups excluding carboxylic acids is 1. The van der Waals surface area contributed by atoms with E-state index in [2.05, 4.69) is 30.9 Å². The first-order valence-corrected chi connectivity index (χ1v) is 11.1. The third-order valence-corrected chi connectivity index (χ3v) is 5.07. The van der Waals surface area contributed by atoms with Crippen LogP contribution >= 0.6 is 23.2 Å². The second kappa shape index (κ2) is 11.6. The van der Waals surface area contributed by atoms with Gasteiger partial charge in [0.15, 0.2) is 0 Å². The average Bonchev–Trinajstić information content (AvgIpc) is 2.77. The highest BCUT2D eigenvalue weighted by Gasteiger charge is 2.16. The zero-order chi connectivity index (χ0) is 25.5. The van der Waals surface area contributed by atoms with Gasteiger partial charge in [-0.3, -0.25) is 14.9 Å². The molecule has 1 aromatic carbocycles. The quantitative estimate of drug-likeness (QED) is 0.177. The summed E-state index contributed by atoms with van der Waals surface area (Å²) in [5.41, 5.74) is 6.75. The minimum atomic E-state index is -0.595. The van der Waals surface area contributed by atoms with Crippen molar-refractivity contribution in [2.24, 2.45) is 0 Å². The summed E-state index contributed by atoms with van der Waals surface area (Å²) in [6, 6.07) is 7.73. The number of rotatable bonds is 10. The lowest BCUT2D eigenvalue weighted by atomic mass is 10.1. The van der Waals surface area contributed by atoms with Gasteiger partial charge >= 0.3 is 5.69 Å². The number of nitrogen functional groups attached to an aromatic ring is 1. The van der Waals surface area contributed by atoms with E-state index >= 15 is 0 Å². The van der Waals surface area contributed by atoms with E-state index in [1.165, 1.54) is 18.3 Å². The van der Waals surface area contributed by atoms with Crippen LogP contribution in [0.3, 0.4) is 0 Å². The summed E-state index contributed by atoms with van der Waals surface area (Å²) < 4.78 is 0. The van der Waals surface area contributed by atoms with E-state index in [0.29, 0.717) is 51.8 Å². The molecule has 0 unspecified atom stereocenters. The molecule has 184 valence electrons. The number of carbonyl (C=O) groups is 1. The number of halogens is 2. The summed E-state index contributed by atoms with van der Waals surface area (Å²) in [5.74, 6) is 0.287. The Morgan fingerprint density at radius 2 is 1.89 bits per heavy atom. The predicted molar refractivity (Wildman–Crippen MR) is 137 cm³/mol. The van der Waals surface area contributed by atoms with Crippen LogP contribution in [0.4, 0.5) is 29.0 Å². The van der Waals surface area contributed by atoms with E-state index in [9.17, 15) is 14.9 Å². The first-order chi connectivity index (χ1) is 16.6. The second-order valence-electron chi connectivity index (χ2n) is 7.58. The van der Waals surface area contributed by atoms with Gasteiger partial charge in [0.05, 0.1) is 28.4 Å². The van der Waals surface area contributed by atoms with Gasteiger partial charge in [0.2, 0.25) is 17.7 Å². The van der Waals surface area contributed by atoms with Crippen LogP contribution < -0.4 is 21.7 Å².